The normalized spacial score (nSPS) is 15.3. The zero-order chi connectivity index (χ0) is 18.8. The number of hydrogen-bond donors (Lipinski definition) is 0. The summed E-state index contributed by atoms with van der Waals surface area (Å²) in [7, 11) is 0. The first-order valence-corrected chi connectivity index (χ1v) is 9.62. The first kappa shape index (κ1) is 17.7. The van der Waals surface area contributed by atoms with Crippen molar-refractivity contribution in [2.45, 2.75) is 27.3 Å². The number of benzene rings is 1. The summed E-state index contributed by atoms with van der Waals surface area (Å²) in [6, 6.07) is 14.9. The van der Waals surface area contributed by atoms with Crippen LogP contribution in [-0.2, 0) is 6.54 Å². The van der Waals surface area contributed by atoms with E-state index in [0.717, 1.165) is 44.2 Å². The van der Waals surface area contributed by atoms with E-state index in [9.17, 15) is 0 Å². The molecule has 0 bridgehead atoms. The van der Waals surface area contributed by atoms with Crippen molar-refractivity contribution in [2.75, 3.05) is 31.1 Å². The number of pyridine rings is 1. The van der Waals surface area contributed by atoms with Gasteiger partial charge in [0.2, 0.25) is 0 Å². The molecule has 1 fully saturated rings. The third-order valence-corrected chi connectivity index (χ3v) is 5.28. The predicted octanol–water partition coefficient (Wildman–Crippen LogP) is 3.51. The van der Waals surface area contributed by atoms with Gasteiger partial charge in [-0.3, -0.25) is 4.90 Å². The van der Waals surface area contributed by atoms with Gasteiger partial charge in [0.15, 0.2) is 0 Å². The number of hydrogen-bond acceptors (Lipinski definition) is 4. The third kappa shape index (κ3) is 3.74. The van der Waals surface area contributed by atoms with Gasteiger partial charge in [-0.05, 0) is 50.1 Å². The number of anilines is 1. The maximum absolute atomic E-state index is 4.68. The lowest BCUT2D eigenvalue weighted by molar-refractivity contribution is 0.249. The minimum Gasteiger partial charge on any atom is -0.354 e. The maximum Gasteiger partial charge on any atom is 0.131 e. The Bertz CT molecular complexity index is 922. The molecule has 1 aromatic carbocycles. The van der Waals surface area contributed by atoms with Gasteiger partial charge in [-0.2, -0.15) is 5.10 Å². The average Bonchev–Trinajstić information content (AvgIpc) is 3.01. The topological polar surface area (TPSA) is 37.2 Å². The first-order valence-electron chi connectivity index (χ1n) is 9.62. The lowest BCUT2D eigenvalue weighted by Gasteiger charge is -2.36. The van der Waals surface area contributed by atoms with Crippen LogP contribution in [0.4, 0.5) is 5.82 Å². The van der Waals surface area contributed by atoms with Crippen LogP contribution in [0.15, 0.2) is 48.7 Å². The second-order valence-electron chi connectivity index (χ2n) is 7.37. The van der Waals surface area contributed by atoms with Gasteiger partial charge in [0.25, 0.3) is 0 Å². The van der Waals surface area contributed by atoms with Crippen LogP contribution >= 0.6 is 0 Å². The van der Waals surface area contributed by atoms with Crippen LogP contribution in [0.2, 0.25) is 0 Å². The van der Waals surface area contributed by atoms with Crippen LogP contribution < -0.4 is 4.90 Å². The largest absolute Gasteiger partial charge is 0.354 e. The molecule has 0 unspecified atom stereocenters. The number of aryl methyl sites for hydroxylation is 3. The minimum absolute atomic E-state index is 0.948. The van der Waals surface area contributed by atoms with Gasteiger partial charge in [0.05, 0.1) is 11.4 Å². The van der Waals surface area contributed by atoms with Gasteiger partial charge in [0, 0.05) is 44.6 Å². The van der Waals surface area contributed by atoms with Crippen molar-refractivity contribution in [2.24, 2.45) is 0 Å². The van der Waals surface area contributed by atoms with E-state index in [-0.39, 0.29) is 0 Å². The van der Waals surface area contributed by atoms with E-state index < -0.39 is 0 Å². The Morgan fingerprint density at radius 1 is 0.926 bits per heavy atom. The Labute approximate surface area is 161 Å². The first-order chi connectivity index (χ1) is 13.1. The van der Waals surface area contributed by atoms with Crippen LogP contribution in [0.25, 0.3) is 5.69 Å². The summed E-state index contributed by atoms with van der Waals surface area (Å²) < 4.78 is 2.07. The summed E-state index contributed by atoms with van der Waals surface area (Å²) in [5, 5.41) is 4.68. The van der Waals surface area contributed by atoms with Gasteiger partial charge in [-0.1, -0.05) is 24.3 Å². The van der Waals surface area contributed by atoms with Gasteiger partial charge in [-0.15, -0.1) is 0 Å². The van der Waals surface area contributed by atoms with E-state index in [4.69, 9.17) is 0 Å². The van der Waals surface area contributed by atoms with Gasteiger partial charge in [0.1, 0.15) is 5.82 Å². The van der Waals surface area contributed by atoms with Crippen molar-refractivity contribution in [1.82, 2.24) is 19.7 Å². The van der Waals surface area contributed by atoms with Crippen molar-refractivity contribution in [3.8, 4) is 5.69 Å². The number of nitrogens with zero attached hydrogens (tertiary/aromatic N) is 5. The maximum atomic E-state index is 4.68. The Balaban J connectivity index is 1.47. The van der Waals surface area contributed by atoms with E-state index in [1.54, 1.807) is 0 Å². The van der Waals surface area contributed by atoms with Gasteiger partial charge in [-0.25, -0.2) is 9.67 Å². The van der Waals surface area contributed by atoms with Crippen LogP contribution in [0.3, 0.4) is 0 Å². The summed E-state index contributed by atoms with van der Waals surface area (Å²) >= 11 is 0. The highest BCUT2D eigenvalue weighted by atomic mass is 15.3. The molecule has 3 heterocycles. The van der Waals surface area contributed by atoms with Crippen molar-refractivity contribution in [1.29, 1.82) is 0 Å². The van der Waals surface area contributed by atoms with Gasteiger partial charge >= 0.3 is 0 Å². The van der Waals surface area contributed by atoms with Gasteiger partial charge < -0.3 is 4.90 Å². The Kier molecular flexibility index (Phi) is 4.94. The molecule has 3 aromatic rings. The average molecular weight is 361 g/mol. The molecular weight excluding hydrogens is 334 g/mol. The molecule has 0 radical (unpaired) electrons. The van der Waals surface area contributed by atoms with E-state index in [1.807, 2.05) is 19.2 Å². The quantitative estimate of drug-likeness (QED) is 0.713. The fourth-order valence-corrected chi connectivity index (χ4v) is 3.89. The summed E-state index contributed by atoms with van der Waals surface area (Å²) in [5.74, 6) is 1.13. The molecule has 0 amide bonds. The zero-order valence-corrected chi connectivity index (χ0v) is 16.4. The minimum atomic E-state index is 0.948. The molecule has 0 spiro atoms. The molecule has 0 aliphatic carbocycles. The van der Waals surface area contributed by atoms with E-state index in [0.29, 0.717) is 0 Å². The Hall–Kier alpha value is -2.66. The molecule has 5 nitrogen and oxygen atoms in total. The van der Waals surface area contributed by atoms with E-state index in [1.165, 1.54) is 22.5 Å². The third-order valence-electron chi connectivity index (χ3n) is 5.28. The molecule has 0 saturated carbocycles. The van der Waals surface area contributed by atoms with Crippen molar-refractivity contribution in [3.63, 3.8) is 0 Å². The zero-order valence-electron chi connectivity index (χ0n) is 16.4. The predicted molar refractivity (Wildman–Crippen MR) is 110 cm³/mol. The van der Waals surface area contributed by atoms with Crippen LogP contribution in [0.1, 0.15) is 22.5 Å². The Morgan fingerprint density at radius 3 is 2.41 bits per heavy atom. The summed E-state index contributed by atoms with van der Waals surface area (Å²) in [4.78, 5) is 9.50. The molecule has 0 atom stereocenters. The number of para-hydroxylation sites is 1. The summed E-state index contributed by atoms with van der Waals surface area (Å²) in [6.07, 6.45) is 1.89. The molecule has 1 aliphatic rings. The van der Waals surface area contributed by atoms with Crippen LogP contribution in [0, 0.1) is 20.8 Å². The second-order valence-corrected chi connectivity index (χ2v) is 7.37. The molecular formula is C22H27N5. The van der Waals surface area contributed by atoms with E-state index in [2.05, 4.69) is 74.8 Å². The highest BCUT2D eigenvalue weighted by Gasteiger charge is 2.20. The molecule has 1 aliphatic heterocycles. The van der Waals surface area contributed by atoms with Crippen LogP contribution in [0.5, 0.6) is 0 Å². The SMILES string of the molecule is Cc1cc(C)n(-c2ccccc2CN2CCN(c3ncccc3C)CC2)n1. The molecule has 5 heteroatoms. The summed E-state index contributed by atoms with van der Waals surface area (Å²) in [6.45, 7) is 11.4. The van der Waals surface area contributed by atoms with E-state index >= 15 is 0 Å². The van der Waals surface area contributed by atoms with Crippen molar-refractivity contribution < 1.29 is 0 Å². The molecule has 140 valence electrons. The molecule has 1 saturated heterocycles. The number of rotatable bonds is 4. The fourth-order valence-electron chi connectivity index (χ4n) is 3.89. The summed E-state index contributed by atoms with van der Waals surface area (Å²) in [5.41, 5.74) is 6.00. The standard InChI is InChI=1S/C22H27N5/c1-17-7-6-10-23-22(17)26-13-11-25(12-14-26)16-20-8-4-5-9-21(20)27-19(3)15-18(2)24-27/h4-10,15H,11-14,16H2,1-3H3. The number of piperazine rings is 1. The molecule has 27 heavy (non-hydrogen) atoms. The van der Waals surface area contributed by atoms with Crippen molar-refractivity contribution in [3.05, 3.63) is 71.2 Å². The monoisotopic (exact) mass is 361 g/mol. The molecule has 2 aromatic heterocycles. The van der Waals surface area contributed by atoms with Crippen LogP contribution in [-0.4, -0.2) is 45.8 Å². The smallest absolute Gasteiger partial charge is 0.131 e. The fraction of sp³-hybridized carbons (Fsp3) is 0.364. The molecule has 4 rings (SSSR count). The lowest BCUT2D eigenvalue weighted by atomic mass is 10.1. The highest BCUT2D eigenvalue weighted by Crippen LogP contribution is 2.21. The highest BCUT2D eigenvalue weighted by molar-refractivity contribution is 5.46. The van der Waals surface area contributed by atoms with Crippen molar-refractivity contribution >= 4 is 5.82 Å². The number of aromatic nitrogens is 3. The second kappa shape index (κ2) is 7.53. The lowest BCUT2D eigenvalue weighted by Crippen LogP contribution is -2.46. The Morgan fingerprint density at radius 2 is 1.70 bits per heavy atom. The molecule has 0 N–H and O–H groups in total.